The molecular weight excluding hydrogens is 186 g/mol. The van der Waals surface area contributed by atoms with Crippen LogP contribution in [0, 0.1) is 0 Å². The van der Waals surface area contributed by atoms with Crippen molar-refractivity contribution in [2.75, 3.05) is 26.4 Å². The van der Waals surface area contributed by atoms with Crippen LogP contribution < -0.4 is 0 Å². The predicted octanol–water partition coefficient (Wildman–Crippen LogP) is 0.897. The van der Waals surface area contributed by atoms with Crippen molar-refractivity contribution in [2.45, 2.75) is 12.8 Å². The second kappa shape index (κ2) is 4.95. The van der Waals surface area contributed by atoms with E-state index < -0.39 is 9.05 Å². The molecule has 0 aromatic heterocycles. The second-order valence-electron chi connectivity index (χ2n) is 2.75. The molecule has 0 aliphatic rings. The maximum atomic E-state index is 10.4. The third-order valence-corrected chi connectivity index (χ3v) is 2.48. The van der Waals surface area contributed by atoms with E-state index in [0.717, 1.165) is 13.0 Å². The topological polar surface area (TPSA) is 37.4 Å². The molecule has 0 bridgehead atoms. The fraction of sp³-hybridized carbons (Fsp3) is 1.00. The highest BCUT2D eigenvalue weighted by molar-refractivity contribution is 8.13. The normalized spacial score (nSPS) is 12.4. The lowest BCUT2D eigenvalue weighted by Crippen LogP contribution is -2.13. The minimum Gasteiger partial charge on any atom is -0.309 e. The van der Waals surface area contributed by atoms with Crippen molar-refractivity contribution in [3.05, 3.63) is 0 Å². The van der Waals surface area contributed by atoms with E-state index in [0.29, 0.717) is 6.42 Å². The van der Waals surface area contributed by atoms with Crippen molar-refractivity contribution >= 4 is 19.7 Å². The highest BCUT2D eigenvalue weighted by Crippen LogP contribution is 2.01. The second-order valence-corrected chi connectivity index (χ2v) is 5.65. The SMILES string of the molecule is CN(C)CCCCS(=O)(=O)Cl. The van der Waals surface area contributed by atoms with Crippen molar-refractivity contribution in [3.63, 3.8) is 0 Å². The Hall–Kier alpha value is 0.200. The first-order chi connectivity index (χ1) is 4.92. The minimum absolute atomic E-state index is 0.0857. The van der Waals surface area contributed by atoms with Gasteiger partial charge in [0.25, 0.3) is 0 Å². The molecule has 0 aromatic rings. The molecule has 0 unspecified atom stereocenters. The van der Waals surface area contributed by atoms with Crippen molar-refractivity contribution in [3.8, 4) is 0 Å². The van der Waals surface area contributed by atoms with Crippen LogP contribution in [0.3, 0.4) is 0 Å². The molecule has 0 atom stereocenters. The lowest BCUT2D eigenvalue weighted by molar-refractivity contribution is 0.398. The predicted molar refractivity (Wildman–Crippen MR) is 47.4 cm³/mol. The Kier molecular flexibility index (Phi) is 5.04. The van der Waals surface area contributed by atoms with Crippen LogP contribution in [0.2, 0.25) is 0 Å². The van der Waals surface area contributed by atoms with Crippen LogP contribution in [-0.2, 0) is 9.05 Å². The molecule has 0 amide bonds. The quantitative estimate of drug-likeness (QED) is 0.488. The fourth-order valence-corrected chi connectivity index (χ4v) is 1.58. The average molecular weight is 200 g/mol. The molecule has 11 heavy (non-hydrogen) atoms. The Morgan fingerprint density at radius 2 is 1.82 bits per heavy atom. The van der Waals surface area contributed by atoms with Gasteiger partial charge in [0, 0.05) is 10.7 Å². The molecule has 0 aliphatic carbocycles. The van der Waals surface area contributed by atoms with Gasteiger partial charge in [-0.25, -0.2) is 8.42 Å². The first-order valence-electron chi connectivity index (χ1n) is 3.49. The lowest BCUT2D eigenvalue weighted by Gasteiger charge is -2.07. The summed E-state index contributed by atoms with van der Waals surface area (Å²) >= 11 is 0. The van der Waals surface area contributed by atoms with Crippen molar-refractivity contribution in [2.24, 2.45) is 0 Å². The van der Waals surface area contributed by atoms with Gasteiger partial charge >= 0.3 is 0 Å². The van der Waals surface area contributed by atoms with Crippen LogP contribution in [0.15, 0.2) is 0 Å². The molecule has 0 saturated heterocycles. The number of halogens is 1. The average Bonchev–Trinajstić information content (AvgIpc) is 1.78. The first-order valence-corrected chi connectivity index (χ1v) is 5.97. The van der Waals surface area contributed by atoms with Crippen LogP contribution in [0.5, 0.6) is 0 Å². The van der Waals surface area contributed by atoms with E-state index in [9.17, 15) is 8.42 Å². The summed E-state index contributed by atoms with van der Waals surface area (Å²) in [5.41, 5.74) is 0. The third-order valence-electron chi connectivity index (χ3n) is 1.24. The Balaban J connectivity index is 3.30. The standard InChI is InChI=1S/C6H14ClNO2S/c1-8(2)5-3-4-6-11(7,9)10/h3-6H2,1-2H3. The van der Waals surface area contributed by atoms with Gasteiger partial charge in [0.2, 0.25) is 9.05 Å². The van der Waals surface area contributed by atoms with Crippen LogP contribution >= 0.6 is 10.7 Å². The summed E-state index contributed by atoms with van der Waals surface area (Å²) in [6.45, 7) is 0.909. The molecule has 0 heterocycles. The Labute approximate surface area is 72.8 Å². The molecule has 0 spiro atoms. The van der Waals surface area contributed by atoms with Gasteiger partial charge in [0.1, 0.15) is 0 Å². The molecule has 0 fully saturated rings. The van der Waals surface area contributed by atoms with Gasteiger partial charge in [0.05, 0.1) is 5.75 Å². The third kappa shape index (κ3) is 10.2. The van der Waals surface area contributed by atoms with E-state index in [1.165, 1.54) is 0 Å². The summed E-state index contributed by atoms with van der Waals surface area (Å²) in [7, 11) is 5.65. The number of hydrogen-bond donors (Lipinski definition) is 0. The van der Waals surface area contributed by atoms with Gasteiger partial charge in [0.15, 0.2) is 0 Å². The molecule has 0 radical (unpaired) electrons. The van der Waals surface area contributed by atoms with Crippen LogP contribution in [0.25, 0.3) is 0 Å². The first kappa shape index (κ1) is 11.2. The van der Waals surface area contributed by atoms with Crippen LogP contribution in [0.1, 0.15) is 12.8 Å². The van der Waals surface area contributed by atoms with Crippen LogP contribution in [0.4, 0.5) is 0 Å². The lowest BCUT2D eigenvalue weighted by atomic mass is 10.3. The maximum absolute atomic E-state index is 10.4. The maximum Gasteiger partial charge on any atom is 0.232 e. The Morgan fingerprint density at radius 1 is 1.27 bits per heavy atom. The number of nitrogens with zero attached hydrogens (tertiary/aromatic N) is 1. The monoisotopic (exact) mass is 199 g/mol. The summed E-state index contributed by atoms with van der Waals surface area (Å²) in [4.78, 5) is 2.01. The van der Waals surface area contributed by atoms with Gasteiger partial charge in [-0.15, -0.1) is 0 Å². The molecule has 68 valence electrons. The molecule has 0 rings (SSSR count). The van der Waals surface area contributed by atoms with Gasteiger partial charge in [-0.2, -0.15) is 0 Å². The summed E-state index contributed by atoms with van der Waals surface area (Å²) in [5.74, 6) is 0.0857. The van der Waals surface area contributed by atoms with Crippen molar-refractivity contribution in [1.29, 1.82) is 0 Å². The van der Waals surface area contributed by atoms with Crippen molar-refractivity contribution in [1.82, 2.24) is 4.90 Å². The van der Waals surface area contributed by atoms with Gasteiger partial charge < -0.3 is 4.90 Å². The highest BCUT2D eigenvalue weighted by atomic mass is 35.7. The zero-order chi connectivity index (χ0) is 8.91. The highest BCUT2D eigenvalue weighted by Gasteiger charge is 2.03. The molecule has 0 saturated carbocycles. The largest absolute Gasteiger partial charge is 0.309 e. The Morgan fingerprint density at radius 3 is 2.18 bits per heavy atom. The molecular formula is C6H14ClNO2S. The summed E-state index contributed by atoms with van der Waals surface area (Å²) in [5, 5.41) is 0. The number of unbranched alkanes of at least 4 members (excludes halogenated alkanes) is 1. The van der Waals surface area contributed by atoms with Crippen molar-refractivity contribution < 1.29 is 8.42 Å². The smallest absolute Gasteiger partial charge is 0.232 e. The molecule has 5 heteroatoms. The van der Waals surface area contributed by atoms with Crippen LogP contribution in [-0.4, -0.2) is 39.7 Å². The summed E-state index contributed by atoms with van der Waals surface area (Å²) < 4.78 is 20.9. The summed E-state index contributed by atoms with van der Waals surface area (Å²) in [6, 6.07) is 0. The van der Waals surface area contributed by atoms with Gasteiger partial charge in [-0.1, -0.05) is 0 Å². The zero-order valence-corrected chi connectivity index (χ0v) is 8.45. The molecule has 0 aliphatic heterocycles. The van der Waals surface area contributed by atoms with Gasteiger partial charge in [-0.3, -0.25) is 0 Å². The minimum atomic E-state index is -3.27. The van der Waals surface area contributed by atoms with Gasteiger partial charge in [-0.05, 0) is 33.5 Å². The Bertz CT molecular complexity index is 189. The zero-order valence-electron chi connectivity index (χ0n) is 6.88. The molecule has 0 aromatic carbocycles. The molecule has 0 N–H and O–H groups in total. The number of hydrogen-bond acceptors (Lipinski definition) is 3. The van der Waals surface area contributed by atoms with E-state index >= 15 is 0 Å². The van der Waals surface area contributed by atoms with E-state index in [1.54, 1.807) is 0 Å². The molecule has 3 nitrogen and oxygen atoms in total. The fourth-order valence-electron chi connectivity index (χ4n) is 0.702. The van der Waals surface area contributed by atoms with E-state index in [4.69, 9.17) is 10.7 Å². The van der Waals surface area contributed by atoms with E-state index in [-0.39, 0.29) is 5.75 Å². The van der Waals surface area contributed by atoms with E-state index in [1.807, 2.05) is 19.0 Å². The summed E-state index contributed by atoms with van der Waals surface area (Å²) in [6.07, 6.45) is 1.52. The number of rotatable bonds is 5. The van der Waals surface area contributed by atoms with E-state index in [2.05, 4.69) is 0 Å².